The van der Waals surface area contributed by atoms with Crippen molar-refractivity contribution in [2.24, 2.45) is 0 Å². The molecule has 2 aromatic rings. The Kier molecular flexibility index (Phi) is 5.47. The minimum atomic E-state index is -1.10. The molecule has 0 fully saturated rings. The van der Waals surface area contributed by atoms with Crippen LogP contribution in [0.3, 0.4) is 0 Å². The van der Waals surface area contributed by atoms with Crippen molar-refractivity contribution in [2.75, 3.05) is 11.9 Å². The SMILES string of the molecule is Cc1ccc(NC(=O)c2ccc(Cl)c(Cl)c2)c(OCC(=O)O)c1. The van der Waals surface area contributed by atoms with Crippen LogP contribution in [0, 0.1) is 6.92 Å². The quantitative estimate of drug-likeness (QED) is 0.851. The van der Waals surface area contributed by atoms with Crippen LogP contribution in [0.2, 0.25) is 10.0 Å². The standard InChI is InChI=1S/C16H13Cl2NO4/c1-9-2-5-13(14(6-9)23-8-15(20)21)19-16(22)10-3-4-11(17)12(18)7-10/h2-7H,8H2,1H3,(H,19,22)(H,20,21). The lowest BCUT2D eigenvalue weighted by Gasteiger charge is -2.12. The van der Waals surface area contributed by atoms with E-state index in [-0.39, 0.29) is 10.8 Å². The number of aliphatic carboxylic acids is 1. The van der Waals surface area contributed by atoms with Gasteiger partial charge in [-0.15, -0.1) is 0 Å². The van der Waals surface area contributed by atoms with Crippen LogP contribution in [0.4, 0.5) is 5.69 Å². The van der Waals surface area contributed by atoms with E-state index in [1.807, 2.05) is 6.92 Å². The Hall–Kier alpha value is -2.24. The maximum Gasteiger partial charge on any atom is 0.341 e. The van der Waals surface area contributed by atoms with Gasteiger partial charge in [0.15, 0.2) is 6.61 Å². The maximum absolute atomic E-state index is 12.3. The average Bonchev–Trinajstić information content (AvgIpc) is 2.50. The van der Waals surface area contributed by atoms with Gasteiger partial charge in [-0.3, -0.25) is 4.79 Å². The van der Waals surface area contributed by atoms with Crippen molar-refractivity contribution in [1.29, 1.82) is 0 Å². The van der Waals surface area contributed by atoms with Crippen LogP contribution in [0.1, 0.15) is 15.9 Å². The molecule has 2 aromatic carbocycles. The number of benzene rings is 2. The van der Waals surface area contributed by atoms with E-state index in [4.69, 9.17) is 33.0 Å². The molecular weight excluding hydrogens is 341 g/mol. The normalized spacial score (nSPS) is 10.2. The summed E-state index contributed by atoms with van der Waals surface area (Å²) in [5.41, 5.74) is 1.56. The van der Waals surface area contributed by atoms with Crippen molar-refractivity contribution in [2.45, 2.75) is 6.92 Å². The molecule has 0 bridgehead atoms. The third kappa shape index (κ3) is 4.61. The fourth-order valence-corrected chi connectivity index (χ4v) is 2.12. The summed E-state index contributed by atoms with van der Waals surface area (Å²) in [7, 11) is 0. The van der Waals surface area contributed by atoms with Gasteiger partial charge in [0.05, 0.1) is 15.7 Å². The lowest BCUT2D eigenvalue weighted by Crippen LogP contribution is -2.15. The molecule has 0 saturated carbocycles. The number of anilines is 1. The fraction of sp³-hybridized carbons (Fsp3) is 0.125. The van der Waals surface area contributed by atoms with Crippen molar-refractivity contribution in [1.82, 2.24) is 0 Å². The summed E-state index contributed by atoms with van der Waals surface area (Å²) in [4.78, 5) is 22.9. The van der Waals surface area contributed by atoms with Gasteiger partial charge in [-0.2, -0.15) is 0 Å². The molecule has 0 atom stereocenters. The summed E-state index contributed by atoms with van der Waals surface area (Å²) < 4.78 is 5.20. The second kappa shape index (κ2) is 7.35. The van der Waals surface area contributed by atoms with E-state index < -0.39 is 18.5 Å². The van der Waals surface area contributed by atoms with Crippen LogP contribution < -0.4 is 10.1 Å². The Morgan fingerprint density at radius 3 is 2.52 bits per heavy atom. The minimum Gasteiger partial charge on any atom is -0.480 e. The molecule has 120 valence electrons. The number of nitrogens with one attached hydrogen (secondary N) is 1. The third-order valence-corrected chi connectivity index (χ3v) is 3.66. The highest BCUT2D eigenvalue weighted by Gasteiger charge is 2.12. The van der Waals surface area contributed by atoms with Crippen LogP contribution in [0.15, 0.2) is 36.4 Å². The number of carboxylic acid groups (broad SMARTS) is 1. The highest BCUT2D eigenvalue weighted by molar-refractivity contribution is 6.42. The van der Waals surface area contributed by atoms with Gasteiger partial charge in [-0.25, -0.2) is 4.79 Å². The van der Waals surface area contributed by atoms with E-state index in [0.717, 1.165) is 5.56 Å². The second-order valence-electron chi connectivity index (χ2n) is 4.77. The molecule has 1 amide bonds. The Morgan fingerprint density at radius 1 is 1.13 bits per heavy atom. The molecule has 23 heavy (non-hydrogen) atoms. The zero-order valence-electron chi connectivity index (χ0n) is 12.1. The molecule has 0 aliphatic carbocycles. The number of carbonyl (C=O) groups is 2. The molecular formula is C16H13Cl2NO4. The van der Waals surface area contributed by atoms with Gasteiger partial charge < -0.3 is 15.2 Å². The molecule has 5 nitrogen and oxygen atoms in total. The number of hydrogen-bond acceptors (Lipinski definition) is 3. The number of halogens is 2. The molecule has 0 radical (unpaired) electrons. The van der Waals surface area contributed by atoms with Gasteiger partial charge in [0.1, 0.15) is 5.75 Å². The Balaban J connectivity index is 2.22. The summed E-state index contributed by atoms with van der Waals surface area (Å²) >= 11 is 11.7. The highest BCUT2D eigenvalue weighted by atomic mass is 35.5. The summed E-state index contributed by atoms with van der Waals surface area (Å²) in [6.07, 6.45) is 0. The van der Waals surface area contributed by atoms with E-state index in [1.165, 1.54) is 18.2 Å². The van der Waals surface area contributed by atoms with Gasteiger partial charge in [0.2, 0.25) is 0 Å². The number of hydrogen-bond donors (Lipinski definition) is 2. The Morgan fingerprint density at radius 2 is 1.87 bits per heavy atom. The third-order valence-electron chi connectivity index (χ3n) is 2.92. The summed E-state index contributed by atoms with van der Waals surface area (Å²) in [5, 5.41) is 12.0. The number of ether oxygens (including phenoxy) is 1. The van der Waals surface area contributed by atoms with Crippen LogP contribution in [-0.2, 0) is 4.79 Å². The smallest absolute Gasteiger partial charge is 0.341 e. The molecule has 0 saturated heterocycles. The first kappa shape index (κ1) is 17.1. The lowest BCUT2D eigenvalue weighted by molar-refractivity contribution is -0.139. The van der Waals surface area contributed by atoms with Crippen LogP contribution >= 0.6 is 23.2 Å². The number of carbonyl (C=O) groups excluding carboxylic acids is 1. The first-order chi connectivity index (χ1) is 10.9. The number of aryl methyl sites for hydroxylation is 1. The molecule has 2 N–H and O–H groups in total. The first-order valence-electron chi connectivity index (χ1n) is 6.58. The lowest BCUT2D eigenvalue weighted by atomic mass is 10.1. The van der Waals surface area contributed by atoms with Crippen molar-refractivity contribution in [3.8, 4) is 5.75 Å². The highest BCUT2D eigenvalue weighted by Crippen LogP contribution is 2.27. The first-order valence-corrected chi connectivity index (χ1v) is 7.34. The second-order valence-corrected chi connectivity index (χ2v) is 5.58. The van der Waals surface area contributed by atoms with Gasteiger partial charge in [-0.1, -0.05) is 29.3 Å². The minimum absolute atomic E-state index is 0.269. The van der Waals surface area contributed by atoms with Gasteiger partial charge in [-0.05, 0) is 42.8 Å². The van der Waals surface area contributed by atoms with Crippen LogP contribution in [-0.4, -0.2) is 23.6 Å². The van der Waals surface area contributed by atoms with E-state index >= 15 is 0 Å². The molecule has 0 heterocycles. The molecule has 0 aromatic heterocycles. The van der Waals surface area contributed by atoms with Crippen LogP contribution in [0.25, 0.3) is 0 Å². The Labute approximate surface area is 142 Å². The zero-order valence-corrected chi connectivity index (χ0v) is 13.6. The molecule has 0 aliphatic heterocycles. The summed E-state index contributed by atoms with van der Waals surface area (Å²) in [6, 6.07) is 9.57. The Bertz CT molecular complexity index is 762. The molecule has 0 aliphatic rings. The largest absolute Gasteiger partial charge is 0.480 e. The maximum atomic E-state index is 12.3. The van der Waals surface area contributed by atoms with Crippen LogP contribution in [0.5, 0.6) is 5.75 Å². The van der Waals surface area contributed by atoms with Gasteiger partial charge in [0, 0.05) is 5.56 Å². The topological polar surface area (TPSA) is 75.6 Å². The molecule has 0 unspecified atom stereocenters. The van der Waals surface area contributed by atoms with E-state index in [2.05, 4.69) is 5.32 Å². The predicted octanol–water partition coefficient (Wildman–Crippen LogP) is 4.02. The van der Waals surface area contributed by atoms with Crippen molar-refractivity contribution >= 4 is 40.8 Å². The molecule has 0 spiro atoms. The average molecular weight is 354 g/mol. The van der Waals surface area contributed by atoms with Crippen molar-refractivity contribution in [3.63, 3.8) is 0 Å². The predicted molar refractivity (Wildman–Crippen MR) is 88.7 cm³/mol. The van der Waals surface area contributed by atoms with E-state index in [0.29, 0.717) is 16.3 Å². The van der Waals surface area contributed by atoms with Crippen molar-refractivity contribution < 1.29 is 19.4 Å². The van der Waals surface area contributed by atoms with E-state index in [1.54, 1.807) is 18.2 Å². The van der Waals surface area contributed by atoms with Gasteiger partial charge in [0.25, 0.3) is 5.91 Å². The monoisotopic (exact) mass is 353 g/mol. The zero-order chi connectivity index (χ0) is 17.0. The number of rotatable bonds is 5. The number of amides is 1. The fourth-order valence-electron chi connectivity index (χ4n) is 1.82. The van der Waals surface area contributed by atoms with E-state index in [9.17, 15) is 9.59 Å². The summed E-state index contributed by atoms with van der Waals surface area (Å²) in [6.45, 7) is 1.33. The van der Waals surface area contributed by atoms with Crippen molar-refractivity contribution in [3.05, 3.63) is 57.6 Å². The number of carboxylic acids is 1. The molecule has 2 rings (SSSR count). The summed E-state index contributed by atoms with van der Waals surface area (Å²) in [5.74, 6) is -1.23. The molecule has 7 heteroatoms. The van der Waals surface area contributed by atoms with Gasteiger partial charge >= 0.3 is 5.97 Å².